The molecule has 4 rings (SSSR count). The zero-order valence-electron chi connectivity index (χ0n) is 14.6. The molecule has 0 spiro atoms. The number of hydrogen-bond acceptors (Lipinski definition) is 4. The van der Waals surface area contributed by atoms with Crippen molar-refractivity contribution in [3.05, 3.63) is 42.1 Å². The molecule has 2 fully saturated rings. The van der Waals surface area contributed by atoms with Gasteiger partial charge in [0, 0.05) is 11.9 Å². The van der Waals surface area contributed by atoms with E-state index in [0.29, 0.717) is 5.75 Å². The van der Waals surface area contributed by atoms with Crippen LogP contribution in [0.5, 0.6) is 0 Å². The van der Waals surface area contributed by atoms with Gasteiger partial charge in [-0.05, 0) is 51.0 Å². The van der Waals surface area contributed by atoms with Crippen molar-refractivity contribution in [2.45, 2.75) is 31.1 Å². The fourth-order valence-corrected chi connectivity index (χ4v) is 4.98. The van der Waals surface area contributed by atoms with Crippen LogP contribution in [0.3, 0.4) is 0 Å². The summed E-state index contributed by atoms with van der Waals surface area (Å²) >= 11 is 1.71. The van der Waals surface area contributed by atoms with E-state index in [1.54, 1.807) is 11.8 Å². The number of aromatic nitrogens is 1. The largest absolute Gasteiger partial charge is 0.324 e. The smallest absolute Gasteiger partial charge is 0.233 e. The van der Waals surface area contributed by atoms with Crippen LogP contribution in [0.15, 0.2) is 36.4 Å². The number of carbonyl (C=O) groups excluding carboxylic acids is 1. The van der Waals surface area contributed by atoms with E-state index < -0.39 is 0 Å². The first kappa shape index (κ1) is 16.9. The van der Waals surface area contributed by atoms with Crippen molar-refractivity contribution in [3.63, 3.8) is 0 Å². The standard InChI is InChI=1S/C20H25N3OS/c24-19-15-25-20(18-10-9-16-7-2-3-8-17(16)21-18)23(19)14-6-13-22-11-4-1-5-12-22/h2-3,7-10,20H,1,4-6,11-15H2. The molecule has 0 saturated carbocycles. The zero-order valence-corrected chi connectivity index (χ0v) is 15.4. The summed E-state index contributed by atoms with van der Waals surface area (Å²) in [5.74, 6) is 0.826. The number of rotatable bonds is 5. The number of likely N-dealkylation sites (tertiary alicyclic amines) is 1. The topological polar surface area (TPSA) is 36.4 Å². The van der Waals surface area contributed by atoms with Crippen molar-refractivity contribution in [2.75, 3.05) is 31.9 Å². The van der Waals surface area contributed by atoms with Crippen LogP contribution in [0, 0.1) is 0 Å². The summed E-state index contributed by atoms with van der Waals surface area (Å²) in [6.45, 7) is 4.38. The zero-order chi connectivity index (χ0) is 17.1. The average Bonchev–Trinajstić information content (AvgIpc) is 3.03. The number of fused-ring (bicyclic) bond motifs is 1. The molecular formula is C20H25N3OS. The van der Waals surface area contributed by atoms with Crippen molar-refractivity contribution in [3.8, 4) is 0 Å². The molecule has 1 unspecified atom stereocenters. The number of nitrogens with zero attached hydrogens (tertiary/aromatic N) is 3. The van der Waals surface area contributed by atoms with E-state index in [-0.39, 0.29) is 11.3 Å². The van der Waals surface area contributed by atoms with E-state index in [4.69, 9.17) is 4.98 Å². The maximum Gasteiger partial charge on any atom is 0.233 e. The summed E-state index contributed by atoms with van der Waals surface area (Å²) in [5.41, 5.74) is 2.01. The number of amides is 1. The van der Waals surface area contributed by atoms with Crippen molar-refractivity contribution >= 4 is 28.6 Å². The molecule has 1 atom stereocenters. The molecule has 2 aromatic rings. The summed E-state index contributed by atoms with van der Waals surface area (Å²) in [7, 11) is 0. The predicted molar refractivity (Wildman–Crippen MR) is 104 cm³/mol. The first-order valence-corrected chi connectivity index (χ1v) is 10.4. The number of para-hydroxylation sites is 1. The summed E-state index contributed by atoms with van der Waals surface area (Å²) in [4.78, 5) is 21.8. The highest BCUT2D eigenvalue weighted by atomic mass is 32.2. The molecule has 2 saturated heterocycles. The van der Waals surface area contributed by atoms with E-state index in [2.05, 4.69) is 23.1 Å². The molecule has 1 aromatic carbocycles. The van der Waals surface area contributed by atoms with Gasteiger partial charge in [-0.25, -0.2) is 4.98 Å². The van der Waals surface area contributed by atoms with Crippen LogP contribution in [0.4, 0.5) is 0 Å². The lowest BCUT2D eigenvalue weighted by atomic mass is 10.1. The van der Waals surface area contributed by atoms with Crippen molar-refractivity contribution in [1.82, 2.24) is 14.8 Å². The van der Waals surface area contributed by atoms with Gasteiger partial charge in [0.05, 0.1) is 17.0 Å². The summed E-state index contributed by atoms with van der Waals surface area (Å²) in [6, 6.07) is 12.4. The van der Waals surface area contributed by atoms with Crippen LogP contribution in [-0.4, -0.2) is 52.6 Å². The minimum Gasteiger partial charge on any atom is -0.324 e. The lowest BCUT2D eigenvalue weighted by Gasteiger charge is -2.28. The van der Waals surface area contributed by atoms with Gasteiger partial charge in [-0.3, -0.25) is 4.79 Å². The first-order valence-electron chi connectivity index (χ1n) is 9.30. The third-order valence-corrected chi connectivity index (χ3v) is 6.39. The Morgan fingerprint density at radius 1 is 1.04 bits per heavy atom. The Morgan fingerprint density at radius 3 is 2.76 bits per heavy atom. The average molecular weight is 356 g/mol. The fourth-order valence-electron chi connectivity index (χ4n) is 3.81. The number of benzene rings is 1. The van der Waals surface area contributed by atoms with Gasteiger partial charge in [-0.15, -0.1) is 11.8 Å². The van der Waals surface area contributed by atoms with E-state index in [1.807, 2.05) is 23.1 Å². The highest BCUT2D eigenvalue weighted by Gasteiger charge is 2.33. The quantitative estimate of drug-likeness (QED) is 0.820. The number of hydrogen-bond donors (Lipinski definition) is 0. The minimum atomic E-state index is 0.0680. The van der Waals surface area contributed by atoms with Gasteiger partial charge < -0.3 is 9.80 Å². The predicted octanol–water partition coefficient (Wildman–Crippen LogP) is 3.68. The Morgan fingerprint density at radius 2 is 1.88 bits per heavy atom. The SMILES string of the molecule is O=C1CSC(c2ccc3ccccc3n2)N1CCCN1CCCCC1. The summed E-state index contributed by atoms with van der Waals surface area (Å²) < 4.78 is 0. The van der Waals surface area contributed by atoms with Gasteiger partial charge >= 0.3 is 0 Å². The van der Waals surface area contributed by atoms with Crippen LogP contribution >= 0.6 is 11.8 Å². The molecule has 4 nitrogen and oxygen atoms in total. The fraction of sp³-hybridized carbons (Fsp3) is 0.500. The molecule has 1 amide bonds. The van der Waals surface area contributed by atoms with Crippen LogP contribution in [0.1, 0.15) is 36.8 Å². The molecule has 0 radical (unpaired) electrons. The Hall–Kier alpha value is -1.59. The van der Waals surface area contributed by atoms with Crippen LogP contribution < -0.4 is 0 Å². The molecule has 0 N–H and O–H groups in total. The molecule has 5 heteroatoms. The van der Waals surface area contributed by atoms with Crippen molar-refractivity contribution in [2.24, 2.45) is 0 Å². The number of thioether (sulfide) groups is 1. The molecule has 0 aliphatic carbocycles. The molecule has 132 valence electrons. The van der Waals surface area contributed by atoms with Gasteiger partial charge in [0.25, 0.3) is 0 Å². The van der Waals surface area contributed by atoms with Gasteiger partial charge in [-0.2, -0.15) is 0 Å². The molecule has 2 aliphatic rings. The van der Waals surface area contributed by atoms with Crippen LogP contribution in [0.2, 0.25) is 0 Å². The Labute approximate surface area is 153 Å². The minimum absolute atomic E-state index is 0.0680. The third-order valence-electron chi connectivity index (χ3n) is 5.16. The second-order valence-corrected chi connectivity index (χ2v) is 8.00. The molecule has 25 heavy (non-hydrogen) atoms. The normalized spacial score (nSPS) is 22.0. The summed E-state index contributed by atoms with van der Waals surface area (Å²) in [5, 5.41) is 1.22. The highest BCUT2D eigenvalue weighted by Crippen LogP contribution is 2.38. The third kappa shape index (κ3) is 3.82. The maximum absolute atomic E-state index is 12.4. The van der Waals surface area contributed by atoms with Gasteiger partial charge in [-0.1, -0.05) is 30.7 Å². The van der Waals surface area contributed by atoms with E-state index in [9.17, 15) is 4.79 Å². The molecule has 0 bridgehead atoms. The first-order chi connectivity index (χ1) is 12.3. The van der Waals surface area contributed by atoms with Gasteiger partial charge in [0.1, 0.15) is 5.37 Å². The van der Waals surface area contributed by atoms with Crippen molar-refractivity contribution < 1.29 is 4.79 Å². The van der Waals surface area contributed by atoms with Crippen LogP contribution in [-0.2, 0) is 4.79 Å². The highest BCUT2D eigenvalue weighted by molar-refractivity contribution is 8.00. The summed E-state index contributed by atoms with van der Waals surface area (Å²) in [6.07, 6.45) is 5.06. The van der Waals surface area contributed by atoms with Crippen LogP contribution in [0.25, 0.3) is 10.9 Å². The molecular weight excluding hydrogens is 330 g/mol. The second-order valence-electron chi connectivity index (χ2n) is 6.94. The van der Waals surface area contributed by atoms with Gasteiger partial charge in [0.15, 0.2) is 0 Å². The lowest BCUT2D eigenvalue weighted by molar-refractivity contribution is -0.128. The number of pyridine rings is 1. The monoisotopic (exact) mass is 355 g/mol. The van der Waals surface area contributed by atoms with E-state index in [1.165, 1.54) is 32.4 Å². The van der Waals surface area contributed by atoms with E-state index in [0.717, 1.165) is 36.1 Å². The van der Waals surface area contributed by atoms with Gasteiger partial charge in [0.2, 0.25) is 5.91 Å². The lowest BCUT2D eigenvalue weighted by Crippen LogP contribution is -2.35. The Balaban J connectivity index is 1.43. The van der Waals surface area contributed by atoms with Crippen molar-refractivity contribution in [1.29, 1.82) is 0 Å². The Kier molecular flexibility index (Phi) is 5.22. The Bertz CT molecular complexity index is 745. The molecule has 2 aliphatic heterocycles. The maximum atomic E-state index is 12.4. The molecule has 1 aromatic heterocycles. The molecule has 3 heterocycles. The second kappa shape index (κ2) is 7.75. The van der Waals surface area contributed by atoms with E-state index >= 15 is 0 Å². The number of carbonyl (C=O) groups is 1. The number of piperidine rings is 1.